The van der Waals surface area contributed by atoms with Crippen LogP contribution in [0.25, 0.3) is 0 Å². The maximum Gasteiger partial charge on any atom is 0.337 e. The van der Waals surface area contributed by atoms with Gasteiger partial charge in [-0.25, -0.2) is 9.80 Å². The number of hydrogen-bond acceptors (Lipinski definition) is 5. The molecule has 3 aliphatic rings. The first kappa shape index (κ1) is 27.9. The monoisotopic (exact) mass is 526 g/mol. The Morgan fingerprint density at radius 2 is 1.87 bits per heavy atom. The highest BCUT2D eigenvalue weighted by Crippen LogP contribution is 2.40. The molecule has 0 spiro atoms. The van der Waals surface area contributed by atoms with E-state index >= 15 is 0 Å². The second kappa shape index (κ2) is 11.7. The first-order chi connectivity index (χ1) is 18.1. The van der Waals surface area contributed by atoms with E-state index in [1.54, 1.807) is 9.80 Å². The molecule has 3 fully saturated rings. The van der Waals surface area contributed by atoms with Crippen LogP contribution in [0.4, 0.5) is 10.5 Å². The van der Waals surface area contributed by atoms with Crippen LogP contribution in [-0.2, 0) is 20.8 Å². The number of carbonyl (C=O) groups is 4. The number of nitrogens with one attached hydrogen (secondary N) is 3. The average molecular weight is 527 g/mol. The van der Waals surface area contributed by atoms with Crippen molar-refractivity contribution in [2.75, 3.05) is 25.0 Å². The minimum absolute atomic E-state index is 0.00831. The number of hydrogen-bond donors (Lipinski definition) is 3. The van der Waals surface area contributed by atoms with Gasteiger partial charge in [-0.05, 0) is 55.2 Å². The van der Waals surface area contributed by atoms with E-state index in [-0.39, 0.29) is 48.1 Å². The molecule has 3 N–H and O–H groups in total. The number of amides is 5. The van der Waals surface area contributed by atoms with Gasteiger partial charge in [0.05, 0.1) is 5.92 Å². The average Bonchev–Trinajstić information content (AvgIpc) is 3.20. The summed E-state index contributed by atoms with van der Waals surface area (Å²) < 4.78 is 0. The number of urea groups is 1. The van der Waals surface area contributed by atoms with E-state index in [1.807, 2.05) is 58.9 Å². The predicted octanol–water partition coefficient (Wildman–Crippen LogP) is 2.77. The van der Waals surface area contributed by atoms with Crippen LogP contribution in [0.15, 0.2) is 24.3 Å². The van der Waals surface area contributed by atoms with Crippen LogP contribution in [0.1, 0.15) is 59.4 Å². The molecule has 4 unspecified atom stereocenters. The van der Waals surface area contributed by atoms with Gasteiger partial charge in [-0.3, -0.25) is 19.3 Å². The summed E-state index contributed by atoms with van der Waals surface area (Å²) in [5, 5.41) is 7.19. The molecule has 1 saturated carbocycles. The summed E-state index contributed by atoms with van der Waals surface area (Å²) in [5.41, 5.74) is 4.92. The topological polar surface area (TPSA) is 114 Å². The smallest absolute Gasteiger partial charge is 0.337 e. The van der Waals surface area contributed by atoms with Gasteiger partial charge in [-0.1, -0.05) is 46.8 Å². The van der Waals surface area contributed by atoms with E-state index in [0.717, 1.165) is 12.0 Å². The molecule has 5 amide bonds. The lowest BCUT2D eigenvalue weighted by Gasteiger charge is -2.50. The number of hydrazine groups is 1. The Bertz CT molecular complexity index is 1060. The standard InChI is InChI=1S/C28H42N6O4/c1-6-19-8-7-9-21(12-19)30-24(35)16-33-28(38)34-23-13-20(25(36)29-14-17(2)3)10-11-22(23)26(37)32(15-18(4)5)27(34)31-33/h7-9,12,17-18,20,22-23,27,31H,6,10-11,13-16H2,1-5H3,(H,29,36)(H,30,35). The molecule has 2 heterocycles. The molecule has 4 rings (SSSR count). The lowest BCUT2D eigenvalue weighted by atomic mass is 9.75. The van der Waals surface area contributed by atoms with Gasteiger partial charge in [0.2, 0.25) is 17.7 Å². The molecule has 208 valence electrons. The van der Waals surface area contributed by atoms with Gasteiger partial charge < -0.3 is 15.5 Å². The number of nitrogens with zero attached hydrogens (tertiary/aromatic N) is 3. The van der Waals surface area contributed by atoms with Gasteiger partial charge in [-0.15, -0.1) is 0 Å². The molecule has 38 heavy (non-hydrogen) atoms. The van der Waals surface area contributed by atoms with E-state index in [0.29, 0.717) is 44.0 Å². The molecule has 4 atom stereocenters. The summed E-state index contributed by atoms with van der Waals surface area (Å²) in [6, 6.07) is 6.89. The Labute approximate surface area is 225 Å². The number of benzene rings is 1. The Balaban J connectivity index is 1.51. The first-order valence-electron chi connectivity index (χ1n) is 13.9. The molecule has 1 aromatic carbocycles. The summed E-state index contributed by atoms with van der Waals surface area (Å²) >= 11 is 0. The minimum Gasteiger partial charge on any atom is -0.356 e. The van der Waals surface area contributed by atoms with Crippen molar-refractivity contribution in [1.82, 2.24) is 25.6 Å². The lowest BCUT2D eigenvalue weighted by Crippen LogP contribution is -2.67. The molecule has 10 nitrogen and oxygen atoms in total. The third-order valence-electron chi connectivity index (χ3n) is 7.59. The third kappa shape index (κ3) is 5.95. The zero-order chi connectivity index (χ0) is 27.6. The highest BCUT2D eigenvalue weighted by atomic mass is 16.2. The summed E-state index contributed by atoms with van der Waals surface area (Å²) in [4.78, 5) is 56.5. The van der Waals surface area contributed by atoms with Crippen LogP contribution in [0.5, 0.6) is 0 Å². The Morgan fingerprint density at radius 3 is 2.55 bits per heavy atom. The third-order valence-corrected chi connectivity index (χ3v) is 7.59. The zero-order valence-electron chi connectivity index (χ0n) is 23.2. The molecule has 1 aliphatic carbocycles. The molecule has 0 aromatic heterocycles. The molecular weight excluding hydrogens is 484 g/mol. The largest absolute Gasteiger partial charge is 0.356 e. The fraction of sp³-hybridized carbons (Fsp3) is 0.643. The van der Waals surface area contributed by atoms with Crippen molar-refractivity contribution in [3.05, 3.63) is 29.8 Å². The number of fused-ring (bicyclic) bond motifs is 3. The fourth-order valence-electron chi connectivity index (χ4n) is 5.72. The number of rotatable bonds is 9. The van der Waals surface area contributed by atoms with Crippen LogP contribution in [0.3, 0.4) is 0 Å². The van der Waals surface area contributed by atoms with Crippen LogP contribution in [-0.4, -0.2) is 70.5 Å². The van der Waals surface area contributed by atoms with Crippen LogP contribution in [0.2, 0.25) is 0 Å². The summed E-state index contributed by atoms with van der Waals surface area (Å²) in [5.74, 6) is -0.395. The van der Waals surface area contributed by atoms with Crippen molar-refractivity contribution in [1.29, 1.82) is 0 Å². The van der Waals surface area contributed by atoms with E-state index in [4.69, 9.17) is 0 Å². The van der Waals surface area contributed by atoms with Crippen molar-refractivity contribution in [3.8, 4) is 0 Å². The van der Waals surface area contributed by atoms with Crippen molar-refractivity contribution in [3.63, 3.8) is 0 Å². The van der Waals surface area contributed by atoms with E-state index in [2.05, 4.69) is 16.1 Å². The van der Waals surface area contributed by atoms with Crippen molar-refractivity contribution >= 4 is 29.4 Å². The van der Waals surface area contributed by atoms with Gasteiger partial charge in [0.1, 0.15) is 6.54 Å². The summed E-state index contributed by atoms with van der Waals surface area (Å²) in [7, 11) is 0. The van der Waals surface area contributed by atoms with Crippen molar-refractivity contribution in [2.45, 2.75) is 72.6 Å². The molecular formula is C28H42N6O4. The Hall–Kier alpha value is -3.14. The second-order valence-corrected chi connectivity index (χ2v) is 11.6. The Morgan fingerprint density at radius 1 is 1.11 bits per heavy atom. The molecule has 2 aliphatic heterocycles. The predicted molar refractivity (Wildman–Crippen MR) is 144 cm³/mol. The number of aryl methyl sites for hydroxylation is 1. The zero-order valence-corrected chi connectivity index (χ0v) is 23.2. The summed E-state index contributed by atoms with van der Waals surface area (Å²) in [6.07, 6.45) is 1.79. The molecule has 2 saturated heterocycles. The maximum atomic E-state index is 13.7. The maximum absolute atomic E-state index is 13.7. The molecule has 0 bridgehead atoms. The minimum atomic E-state index is -0.674. The van der Waals surface area contributed by atoms with Crippen molar-refractivity contribution < 1.29 is 19.2 Å². The normalized spacial score (nSPS) is 25.1. The van der Waals surface area contributed by atoms with Gasteiger partial charge in [0, 0.05) is 30.7 Å². The van der Waals surface area contributed by atoms with Gasteiger partial charge in [-0.2, -0.15) is 5.43 Å². The van der Waals surface area contributed by atoms with Gasteiger partial charge >= 0.3 is 6.03 Å². The second-order valence-electron chi connectivity index (χ2n) is 11.6. The van der Waals surface area contributed by atoms with E-state index in [9.17, 15) is 19.2 Å². The highest BCUT2D eigenvalue weighted by Gasteiger charge is 2.56. The van der Waals surface area contributed by atoms with Gasteiger partial charge in [0.25, 0.3) is 0 Å². The molecule has 10 heteroatoms. The van der Waals surface area contributed by atoms with Crippen LogP contribution >= 0.6 is 0 Å². The summed E-state index contributed by atoms with van der Waals surface area (Å²) in [6.45, 7) is 11.1. The van der Waals surface area contributed by atoms with E-state index < -0.39 is 12.3 Å². The van der Waals surface area contributed by atoms with Crippen molar-refractivity contribution in [2.24, 2.45) is 23.7 Å². The van der Waals surface area contributed by atoms with Crippen LogP contribution < -0.4 is 16.1 Å². The quantitative estimate of drug-likeness (QED) is 0.458. The fourth-order valence-corrected chi connectivity index (χ4v) is 5.72. The highest BCUT2D eigenvalue weighted by molar-refractivity contribution is 5.95. The number of carbonyl (C=O) groups excluding carboxylic acids is 4. The number of anilines is 1. The first-order valence-corrected chi connectivity index (χ1v) is 13.9. The molecule has 0 radical (unpaired) electrons. The Kier molecular flexibility index (Phi) is 8.60. The molecule has 1 aromatic rings. The van der Waals surface area contributed by atoms with Gasteiger partial charge in [0.15, 0.2) is 6.29 Å². The van der Waals surface area contributed by atoms with Crippen LogP contribution in [0, 0.1) is 23.7 Å². The van der Waals surface area contributed by atoms with E-state index in [1.165, 1.54) is 5.01 Å². The SMILES string of the molecule is CCc1cccc(NC(=O)CN2NC3N(CC(C)C)C(=O)C4CCC(C(=O)NCC(C)C)CC4N3C2=O)c1. The lowest BCUT2D eigenvalue weighted by molar-refractivity contribution is -0.159.